The van der Waals surface area contributed by atoms with Gasteiger partial charge in [-0.2, -0.15) is 0 Å². The Hall–Kier alpha value is -1.02. The summed E-state index contributed by atoms with van der Waals surface area (Å²) in [6.45, 7) is 9.69. The zero-order valence-corrected chi connectivity index (χ0v) is 10.7. The van der Waals surface area contributed by atoms with Crippen LogP contribution in [-0.4, -0.2) is 11.7 Å². The number of nitrogens with one attached hydrogen (secondary N) is 1. The van der Waals surface area contributed by atoms with Crippen LogP contribution in [0.1, 0.15) is 45.7 Å². The molecular weight excluding hydrogens is 198 g/mol. The minimum absolute atomic E-state index is 0.237. The summed E-state index contributed by atoms with van der Waals surface area (Å²) in [5.41, 5.74) is 1.26. The van der Waals surface area contributed by atoms with Crippen molar-refractivity contribution in [2.45, 2.75) is 40.2 Å². The molecule has 0 bridgehead atoms. The third kappa shape index (κ3) is 3.86. The van der Waals surface area contributed by atoms with Crippen molar-refractivity contribution in [3.05, 3.63) is 29.8 Å². The molecule has 0 saturated carbocycles. The van der Waals surface area contributed by atoms with E-state index in [1.807, 2.05) is 18.2 Å². The summed E-state index contributed by atoms with van der Waals surface area (Å²) < 4.78 is 0. The second-order valence-electron chi connectivity index (χ2n) is 5.46. The number of benzene rings is 1. The van der Waals surface area contributed by atoms with Crippen LogP contribution in [0.3, 0.4) is 0 Å². The Labute approximate surface area is 98.7 Å². The minimum atomic E-state index is 0.237. The number of para-hydroxylation sites is 1. The van der Waals surface area contributed by atoms with Crippen LogP contribution in [0.25, 0.3) is 0 Å². The Morgan fingerprint density at radius 2 is 1.88 bits per heavy atom. The van der Waals surface area contributed by atoms with E-state index in [0.717, 1.165) is 18.5 Å². The Kier molecular flexibility index (Phi) is 4.36. The summed E-state index contributed by atoms with van der Waals surface area (Å²) in [6, 6.07) is 7.79. The van der Waals surface area contributed by atoms with Crippen LogP contribution < -0.4 is 5.32 Å². The topological polar surface area (TPSA) is 32.3 Å². The molecule has 0 amide bonds. The molecule has 1 rings (SSSR count). The van der Waals surface area contributed by atoms with E-state index in [-0.39, 0.29) is 11.5 Å². The van der Waals surface area contributed by atoms with Crippen molar-refractivity contribution in [3.8, 4) is 5.75 Å². The van der Waals surface area contributed by atoms with E-state index in [2.05, 4.69) is 33.0 Å². The molecule has 90 valence electrons. The van der Waals surface area contributed by atoms with E-state index >= 15 is 0 Å². The standard InChI is InChI=1S/C14H23NO/c1-5-12(15-10-14(2,3)4)11-8-6-7-9-13(11)16/h6-9,12,15-16H,5,10H2,1-4H3. The molecular formula is C14H23NO. The zero-order chi connectivity index (χ0) is 12.2. The van der Waals surface area contributed by atoms with Crippen molar-refractivity contribution < 1.29 is 5.11 Å². The van der Waals surface area contributed by atoms with E-state index in [1.54, 1.807) is 6.07 Å². The molecule has 0 aliphatic heterocycles. The molecule has 0 spiro atoms. The number of hydrogen-bond acceptors (Lipinski definition) is 2. The summed E-state index contributed by atoms with van der Waals surface area (Å²) in [5.74, 6) is 0.385. The molecule has 0 radical (unpaired) electrons. The number of hydrogen-bond donors (Lipinski definition) is 2. The van der Waals surface area contributed by atoms with Gasteiger partial charge in [0.1, 0.15) is 5.75 Å². The van der Waals surface area contributed by atoms with Gasteiger partial charge in [-0.05, 0) is 17.9 Å². The molecule has 2 nitrogen and oxygen atoms in total. The van der Waals surface area contributed by atoms with Gasteiger partial charge in [0, 0.05) is 18.2 Å². The Balaban J connectivity index is 2.72. The molecule has 2 N–H and O–H groups in total. The van der Waals surface area contributed by atoms with E-state index in [4.69, 9.17) is 0 Å². The first-order valence-electron chi connectivity index (χ1n) is 5.95. The molecule has 0 fully saturated rings. The zero-order valence-electron chi connectivity index (χ0n) is 10.7. The van der Waals surface area contributed by atoms with Crippen LogP contribution >= 0.6 is 0 Å². The predicted molar refractivity (Wildman–Crippen MR) is 68.6 cm³/mol. The molecule has 0 saturated heterocycles. The quantitative estimate of drug-likeness (QED) is 0.816. The molecule has 1 unspecified atom stereocenters. The molecule has 1 aromatic carbocycles. The molecule has 0 aliphatic carbocycles. The van der Waals surface area contributed by atoms with Gasteiger partial charge in [0.05, 0.1) is 0 Å². The lowest BCUT2D eigenvalue weighted by Gasteiger charge is -2.25. The smallest absolute Gasteiger partial charge is 0.120 e. The largest absolute Gasteiger partial charge is 0.508 e. The minimum Gasteiger partial charge on any atom is -0.508 e. The molecule has 16 heavy (non-hydrogen) atoms. The van der Waals surface area contributed by atoms with Crippen LogP contribution in [0, 0.1) is 5.41 Å². The second-order valence-corrected chi connectivity index (χ2v) is 5.46. The third-order valence-corrected chi connectivity index (χ3v) is 2.60. The third-order valence-electron chi connectivity index (χ3n) is 2.60. The highest BCUT2D eigenvalue weighted by Crippen LogP contribution is 2.26. The van der Waals surface area contributed by atoms with Gasteiger partial charge < -0.3 is 10.4 Å². The summed E-state index contributed by atoms with van der Waals surface area (Å²) in [6.07, 6.45) is 0.980. The van der Waals surface area contributed by atoms with Crippen molar-refractivity contribution in [2.24, 2.45) is 5.41 Å². The van der Waals surface area contributed by atoms with Gasteiger partial charge in [-0.25, -0.2) is 0 Å². The van der Waals surface area contributed by atoms with E-state index in [9.17, 15) is 5.11 Å². The lowest BCUT2D eigenvalue weighted by atomic mass is 9.95. The first kappa shape index (κ1) is 13.0. The van der Waals surface area contributed by atoms with Gasteiger partial charge in [-0.1, -0.05) is 45.9 Å². The average molecular weight is 221 g/mol. The number of phenols is 1. The summed E-state index contributed by atoms with van der Waals surface area (Å²) in [4.78, 5) is 0. The summed E-state index contributed by atoms with van der Waals surface area (Å²) >= 11 is 0. The van der Waals surface area contributed by atoms with Crippen LogP contribution in [-0.2, 0) is 0 Å². The highest BCUT2D eigenvalue weighted by molar-refractivity contribution is 5.34. The Bertz CT molecular complexity index is 328. The van der Waals surface area contributed by atoms with E-state index < -0.39 is 0 Å². The van der Waals surface area contributed by atoms with Gasteiger partial charge in [-0.15, -0.1) is 0 Å². The molecule has 0 aliphatic rings. The molecule has 1 atom stereocenters. The van der Waals surface area contributed by atoms with E-state index in [1.165, 1.54) is 0 Å². The maximum atomic E-state index is 9.80. The lowest BCUT2D eigenvalue weighted by Crippen LogP contribution is -2.30. The van der Waals surface area contributed by atoms with Crippen molar-refractivity contribution in [3.63, 3.8) is 0 Å². The fourth-order valence-corrected chi connectivity index (χ4v) is 1.69. The first-order chi connectivity index (χ1) is 7.44. The van der Waals surface area contributed by atoms with Gasteiger partial charge in [0.15, 0.2) is 0 Å². The van der Waals surface area contributed by atoms with Crippen LogP contribution in [0.15, 0.2) is 24.3 Å². The highest BCUT2D eigenvalue weighted by Gasteiger charge is 2.16. The van der Waals surface area contributed by atoms with E-state index in [0.29, 0.717) is 5.75 Å². The Morgan fingerprint density at radius 1 is 1.25 bits per heavy atom. The van der Waals surface area contributed by atoms with Crippen LogP contribution in [0.5, 0.6) is 5.75 Å². The predicted octanol–water partition coefficient (Wildman–Crippen LogP) is 3.48. The van der Waals surface area contributed by atoms with Crippen molar-refractivity contribution in [2.75, 3.05) is 6.54 Å². The molecule has 0 heterocycles. The number of aromatic hydroxyl groups is 1. The fourth-order valence-electron chi connectivity index (χ4n) is 1.69. The van der Waals surface area contributed by atoms with Gasteiger partial charge in [-0.3, -0.25) is 0 Å². The SMILES string of the molecule is CCC(NCC(C)(C)C)c1ccccc1O. The summed E-state index contributed by atoms with van der Waals surface area (Å²) in [7, 11) is 0. The monoisotopic (exact) mass is 221 g/mol. The molecule has 0 aromatic heterocycles. The van der Waals surface area contributed by atoms with Crippen molar-refractivity contribution >= 4 is 0 Å². The first-order valence-corrected chi connectivity index (χ1v) is 5.95. The highest BCUT2D eigenvalue weighted by atomic mass is 16.3. The Morgan fingerprint density at radius 3 is 2.38 bits per heavy atom. The number of phenolic OH excluding ortho intramolecular Hbond substituents is 1. The fraction of sp³-hybridized carbons (Fsp3) is 0.571. The van der Waals surface area contributed by atoms with Gasteiger partial charge in [0.25, 0.3) is 0 Å². The maximum absolute atomic E-state index is 9.80. The van der Waals surface area contributed by atoms with Crippen LogP contribution in [0.4, 0.5) is 0 Å². The maximum Gasteiger partial charge on any atom is 0.120 e. The van der Waals surface area contributed by atoms with Gasteiger partial charge in [0.2, 0.25) is 0 Å². The second kappa shape index (κ2) is 5.35. The normalized spacial score (nSPS) is 13.8. The van der Waals surface area contributed by atoms with Crippen molar-refractivity contribution in [1.82, 2.24) is 5.32 Å². The van der Waals surface area contributed by atoms with Crippen molar-refractivity contribution in [1.29, 1.82) is 0 Å². The lowest BCUT2D eigenvalue weighted by molar-refractivity contribution is 0.344. The van der Waals surface area contributed by atoms with Gasteiger partial charge >= 0.3 is 0 Å². The molecule has 2 heteroatoms. The number of rotatable bonds is 4. The molecule has 1 aromatic rings. The average Bonchev–Trinajstić information content (AvgIpc) is 2.20. The van der Waals surface area contributed by atoms with Crippen LogP contribution in [0.2, 0.25) is 0 Å². The summed E-state index contributed by atoms with van der Waals surface area (Å²) in [5, 5.41) is 13.3.